The number of fused-ring (bicyclic) bond motifs is 6. The van der Waals surface area contributed by atoms with Gasteiger partial charge in [0.2, 0.25) is 0 Å². The van der Waals surface area contributed by atoms with E-state index >= 15 is 0 Å². The molecule has 0 saturated carbocycles. The molecular weight excluding hydrogens is 573 g/mol. The predicted molar refractivity (Wildman–Crippen MR) is 194 cm³/mol. The molecule has 0 fully saturated rings. The Bertz CT molecular complexity index is 2500. The average Bonchev–Trinajstić information content (AvgIpc) is 3.14. The van der Waals surface area contributed by atoms with Gasteiger partial charge in [0.05, 0.1) is 45.0 Å². The number of benzene rings is 5. The number of pyridine rings is 3. The minimum Gasteiger partial charge on any atom is -0.250 e. The molecule has 1 atom stereocenters. The molecule has 0 N–H and O–H groups in total. The normalized spacial score (nSPS) is 14.3. The fourth-order valence-corrected chi connectivity index (χ4v) is 6.82. The fraction of sp³-hybridized carbons (Fsp3) is 0.0698. The highest BCUT2D eigenvalue weighted by atomic mass is 14.8. The van der Waals surface area contributed by atoms with Crippen molar-refractivity contribution in [3.8, 4) is 33.8 Å². The molecule has 0 aliphatic carbocycles. The molecule has 5 aromatic carbocycles. The highest BCUT2D eigenvalue weighted by Gasteiger charge is 2.23. The third-order valence-corrected chi connectivity index (χ3v) is 9.26. The first-order valence-electron chi connectivity index (χ1n) is 16.1. The zero-order chi connectivity index (χ0) is 31.3. The first-order valence-corrected chi connectivity index (χ1v) is 16.1. The summed E-state index contributed by atoms with van der Waals surface area (Å²) in [5.41, 5.74) is 13.3. The second-order valence-electron chi connectivity index (χ2n) is 12.4. The summed E-state index contributed by atoms with van der Waals surface area (Å²) in [5, 5.41) is 3.26. The van der Waals surface area contributed by atoms with Gasteiger partial charge in [-0.3, -0.25) is 0 Å². The van der Waals surface area contributed by atoms with E-state index in [-0.39, 0.29) is 5.92 Å². The lowest BCUT2D eigenvalue weighted by Crippen LogP contribution is -2.19. The van der Waals surface area contributed by atoms with Crippen LogP contribution in [0.3, 0.4) is 0 Å². The largest absolute Gasteiger partial charge is 0.250 e. The van der Waals surface area contributed by atoms with E-state index in [9.17, 15) is 0 Å². The van der Waals surface area contributed by atoms with Crippen LogP contribution in [0.25, 0.3) is 66.5 Å². The molecule has 0 radical (unpaired) electrons. The topological polar surface area (TPSA) is 51.0 Å². The Balaban J connectivity index is 1.14. The summed E-state index contributed by atoms with van der Waals surface area (Å²) in [4.78, 5) is 20.8. The van der Waals surface area contributed by atoms with E-state index in [0.29, 0.717) is 0 Å². The molecule has 0 bridgehead atoms. The second-order valence-corrected chi connectivity index (χ2v) is 12.4. The summed E-state index contributed by atoms with van der Waals surface area (Å²) < 4.78 is 0. The molecule has 47 heavy (non-hydrogen) atoms. The van der Waals surface area contributed by atoms with Crippen LogP contribution in [0.15, 0.2) is 151 Å². The maximum atomic E-state index is 5.35. The molecular formula is C43H30N4. The molecule has 4 nitrogen and oxygen atoms in total. The van der Waals surface area contributed by atoms with Crippen molar-refractivity contribution in [1.82, 2.24) is 15.0 Å². The lowest BCUT2D eigenvalue weighted by atomic mass is 9.87. The monoisotopic (exact) mass is 602 g/mol. The van der Waals surface area contributed by atoms with Crippen LogP contribution in [0.1, 0.15) is 18.1 Å². The Labute approximate surface area is 273 Å². The lowest BCUT2D eigenvalue weighted by Gasteiger charge is -2.23. The first kappa shape index (κ1) is 27.3. The molecule has 0 saturated heterocycles. The Hall–Kier alpha value is -6.00. The summed E-state index contributed by atoms with van der Waals surface area (Å²) in [6.45, 7) is 2.27. The van der Waals surface area contributed by atoms with E-state index in [2.05, 4.69) is 128 Å². The number of hydrogen-bond acceptors (Lipinski definition) is 4. The molecule has 9 rings (SSSR count). The van der Waals surface area contributed by atoms with Crippen LogP contribution >= 0.6 is 0 Å². The number of aromatic nitrogens is 3. The highest BCUT2D eigenvalue weighted by Crippen LogP contribution is 2.38. The van der Waals surface area contributed by atoms with E-state index in [4.69, 9.17) is 19.9 Å². The fourth-order valence-electron chi connectivity index (χ4n) is 6.82. The maximum absolute atomic E-state index is 5.35. The summed E-state index contributed by atoms with van der Waals surface area (Å²) in [7, 11) is 0. The van der Waals surface area contributed by atoms with E-state index < -0.39 is 0 Å². The van der Waals surface area contributed by atoms with E-state index in [0.717, 1.165) is 89.9 Å². The molecule has 0 amide bonds. The van der Waals surface area contributed by atoms with Crippen molar-refractivity contribution in [3.63, 3.8) is 0 Å². The lowest BCUT2D eigenvalue weighted by molar-refractivity contribution is 0.756. The van der Waals surface area contributed by atoms with Gasteiger partial charge in [-0.2, -0.15) is 0 Å². The van der Waals surface area contributed by atoms with Crippen LogP contribution < -0.4 is 0 Å². The van der Waals surface area contributed by atoms with Gasteiger partial charge in [0.1, 0.15) is 0 Å². The van der Waals surface area contributed by atoms with Gasteiger partial charge < -0.3 is 0 Å². The summed E-state index contributed by atoms with van der Waals surface area (Å²) in [5.74, 6) is 0.265. The van der Waals surface area contributed by atoms with Gasteiger partial charge >= 0.3 is 0 Å². The Morgan fingerprint density at radius 2 is 0.915 bits per heavy atom. The standard InChI is InChI=1S/C43H30N4/c1-27-25-35-18-17-32-20-23-37(29-11-6-3-7-12-29)45-42(32)43(35)47-39(27)34-14-8-13-33(26-34)38-24-21-31-16-15-30-19-22-36(28-9-4-2-5-10-28)44-40(30)41(31)46-38/h2-24,26-27H,25H2,1H3. The molecule has 4 heterocycles. The predicted octanol–water partition coefficient (Wildman–Crippen LogP) is 10.6. The third-order valence-electron chi connectivity index (χ3n) is 9.26. The SMILES string of the molecule is CC1Cc2ccc3ccc(-c4ccccc4)nc3c2N=C1c1cccc(-c2ccc3ccc4ccc(-c5ccccc5)nc4c3n2)c1. The quantitative estimate of drug-likeness (QED) is 0.188. The summed E-state index contributed by atoms with van der Waals surface area (Å²) in [6.07, 6.45) is 0.918. The van der Waals surface area contributed by atoms with Crippen LogP contribution in [0.4, 0.5) is 5.69 Å². The zero-order valence-electron chi connectivity index (χ0n) is 25.9. The van der Waals surface area contributed by atoms with E-state index in [1.165, 1.54) is 5.56 Å². The van der Waals surface area contributed by atoms with Crippen molar-refractivity contribution in [2.45, 2.75) is 13.3 Å². The maximum Gasteiger partial charge on any atom is 0.0972 e. The zero-order valence-corrected chi connectivity index (χ0v) is 25.9. The number of nitrogens with zero attached hydrogens (tertiary/aromatic N) is 4. The first-order chi connectivity index (χ1) is 23.2. The van der Waals surface area contributed by atoms with Gasteiger partial charge in [-0.1, -0.05) is 128 Å². The van der Waals surface area contributed by atoms with Crippen LogP contribution in [0, 0.1) is 5.92 Å². The van der Waals surface area contributed by atoms with Crippen molar-refractivity contribution in [2.24, 2.45) is 10.9 Å². The van der Waals surface area contributed by atoms with Gasteiger partial charge in [-0.15, -0.1) is 0 Å². The Kier molecular flexibility index (Phi) is 6.46. The van der Waals surface area contributed by atoms with Crippen molar-refractivity contribution >= 4 is 44.1 Å². The van der Waals surface area contributed by atoms with Gasteiger partial charge in [0.25, 0.3) is 0 Å². The van der Waals surface area contributed by atoms with Gasteiger partial charge in [0.15, 0.2) is 0 Å². The van der Waals surface area contributed by atoms with Gasteiger partial charge in [0, 0.05) is 38.8 Å². The summed E-state index contributed by atoms with van der Waals surface area (Å²) in [6, 6.07) is 50.7. The van der Waals surface area contributed by atoms with Gasteiger partial charge in [-0.05, 0) is 41.8 Å². The smallest absolute Gasteiger partial charge is 0.0972 e. The molecule has 1 aliphatic rings. The Morgan fingerprint density at radius 1 is 0.447 bits per heavy atom. The minimum atomic E-state index is 0.265. The van der Waals surface area contributed by atoms with Crippen LogP contribution in [0.2, 0.25) is 0 Å². The van der Waals surface area contributed by atoms with Crippen molar-refractivity contribution < 1.29 is 0 Å². The van der Waals surface area contributed by atoms with E-state index in [1.54, 1.807) is 0 Å². The van der Waals surface area contributed by atoms with Crippen LogP contribution in [-0.4, -0.2) is 20.7 Å². The average molecular weight is 603 g/mol. The van der Waals surface area contributed by atoms with E-state index in [1.807, 2.05) is 24.3 Å². The number of aliphatic imine (C=N–C) groups is 1. The molecule has 1 unspecified atom stereocenters. The Morgan fingerprint density at radius 3 is 1.53 bits per heavy atom. The minimum absolute atomic E-state index is 0.265. The van der Waals surface area contributed by atoms with Crippen molar-refractivity contribution in [1.29, 1.82) is 0 Å². The second kappa shape index (κ2) is 11.1. The molecule has 222 valence electrons. The third kappa shape index (κ3) is 4.86. The molecule has 0 spiro atoms. The molecule has 3 aromatic heterocycles. The molecule has 4 heteroatoms. The molecule has 8 aromatic rings. The molecule has 1 aliphatic heterocycles. The number of hydrogen-bond donors (Lipinski definition) is 0. The van der Waals surface area contributed by atoms with Crippen LogP contribution in [0.5, 0.6) is 0 Å². The highest BCUT2D eigenvalue weighted by molar-refractivity contribution is 6.08. The summed E-state index contributed by atoms with van der Waals surface area (Å²) >= 11 is 0. The van der Waals surface area contributed by atoms with Crippen LogP contribution in [-0.2, 0) is 6.42 Å². The van der Waals surface area contributed by atoms with Crippen molar-refractivity contribution in [2.75, 3.05) is 0 Å². The van der Waals surface area contributed by atoms with Gasteiger partial charge in [-0.25, -0.2) is 19.9 Å². The number of rotatable bonds is 4. The van der Waals surface area contributed by atoms with Crippen molar-refractivity contribution in [3.05, 3.63) is 157 Å².